The number of para-hydroxylation sites is 1. The van der Waals surface area contributed by atoms with Gasteiger partial charge in [0.05, 0.1) is 0 Å². The molecule has 0 saturated carbocycles. The Hall–Kier alpha value is -2.53. The van der Waals surface area contributed by atoms with Gasteiger partial charge in [0.15, 0.2) is 6.61 Å². The number of benzene rings is 2. The lowest BCUT2D eigenvalue weighted by Crippen LogP contribution is -2.48. The van der Waals surface area contributed by atoms with E-state index >= 15 is 0 Å². The fourth-order valence-corrected chi connectivity index (χ4v) is 2.53. The number of carbonyl (C=O) groups is 2. The molecule has 5 nitrogen and oxygen atoms in total. The van der Waals surface area contributed by atoms with Gasteiger partial charge in [-0.3, -0.25) is 9.59 Å². The third kappa shape index (κ3) is 5.77. The molecule has 1 atom stereocenters. The van der Waals surface area contributed by atoms with Gasteiger partial charge < -0.3 is 15.4 Å². The van der Waals surface area contributed by atoms with Crippen LogP contribution in [0, 0.1) is 12.8 Å². The molecule has 0 saturated heterocycles. The maximum atomic E-state index is 12.6. The molecule has 2 rings (SSSR count). The molecular weight excluding hydrogens is 352 g/mol. The van der Waals surface area contributed by atoms with Gasteiger partial charge in [-0.25, -0.2) is 0 Å². The Kier molecular flexibility index (Phi) is 7.04. The lowest BCUT2D eigenvalue weighted by molar-refractivity contribution is -0.128. The fourth-order valence-electron chi connectivity index (χ4n) is 2.36. The molecule has 2 aromatic carbocycles. The molecular formula is C20H23ClN2O3. The summed E-state index contributed by atoms with van der Waals surface area (Å²) >= 11 is 5.99. The van der Waals surface area contributed by atoms with Crippen molar-refractivity contribution in [3.8, 4) is 5.75 Å². The summed E-state index contributed by atoms with van der Waals surface area (Å²) in [5.74, 6) is -0.137. The molecule has 26 heavy (non-hydrogen) atoms. The van der Waals surface area contributed by atoms with Gasteiger partial charge in [-0.05, 0) is 42.7 Å². The third-order valence-corrected chi connectivity index (χ3v) is 4.07. The Labute approximate surface area is 158 Å². The number of ether oxygens (including phenoxy) is 1. The second-order valence-corrected chi connectivity index (χ2v) is 6.78. The number of nitrogens with one attached hydrogen (secondary N) is 2. The summed E-state index contributed by atoms with van der Waals surface area (Å²) in [5, 5.41) is 6.10. The predicted octanol–water partition coefficient (Wildman–Crippen LogP) is 3.81. The maximum Gasteiger partial charge on any atom is 0.258 e. The number of carbonyl (C=O) groups excluding carboxylic acids is 2. The van der Waals surface area contributed by atoms with Crippen molar-refractivity contribution in [1.82, 2.24) is 5.32 Å². The van der Waals surface area contributed by atoms with Crippen molar-refractivity contribution in [2.24, 2.45) is 5.92 Å². The molecule has 0 aliphatic heterocycles. The molecule has 0 aliphatic rings. The highest BCUT2D eigenvalue weighted by Crippen LogP contribution is 2.21. The van der Waals surface area contributed by atoms with Gasteiger partial charge in [0.25, 0.3) is 5.91 Å². The Balaban J connectivity index is 1.97. The Morgan fingerprint density at radius 3 is 2.46 bits per heavy atom. The van der Waals surface area contributed by atoms with Crippen LogP contribution in [0.4, 0.5) is 5.69 Å². The number of aryl methyl sites for hydroxylation is 1. The van der Waals surface area contributed by atoms with Crippen LogP contribution in [0.2, 0.25) is 5.02 Å². The average Bonchev–Trinajstić information content (AvgIpc) is 2.61. The summed E-state index contributed by atoms with van der Waals surface area (Å²) in [7, 11) is 0. The first-order chi connectivity index (χ1) is 12.4. The minimum Gasteiger partial charge on any atom is -0.484 e. The first-order valence-corrected chi connectivity index (χ1v) is 8.79. The molecule has 0 bridgehead atoms. The van der Waals surface area contributed by atoms with Crippen molar-refractivity contribution in [3.63, 3.8) is 0 Å². The zero-order valence-electron chi connectivity index (χ0n) is 15.1. The molecule has 0 aliphatic carbocycles. The van der Waals surface area contributed by atoms with E-state index in [4.69, 9.17) is 16.3 Å². The molecule has 6 heteroatoms. The van der Waals surface area contributed by atoms with Gasteiger partial charge in [0, 0.05) is 10.7 Å². The monoisotopic (exact) mass is 374 g/mol. The molecule has 2 amide bonds. The van der Waals surface area contributed by atoms with E-state index in [9.17, 15) is 9.59 Å². The standard InChI is InChI=1S/C20H23ClN2O3/c1-13(2)19(20(25)22-17-11-15(21)10-9-14(17)3)23-18(24)12-26-16-7-5-4-6-8-16/h4-11,13,19H,12H2,1-3H3,(H,22,25)(H,23,24). The zero-order valence-corrected chi connectivity index (χ0v) is 15.8. The summed E-state index contributed by atoms with van der Waals surface area (Å²) in [6.45, 7) is 5.46. The van der Waals surface area contributed by atoms with Gasteiger partial charge in [0.1, 0.15) is 11.8 Å². The third-order valence-electron chi connectivity index (χ3n) is 3.84. The van der Waals surface area contributed by atoms with E-state index in [1.807, 2.05) is 45.0 Å². The van der Waals surface area contributed by atoms with Crippen LogP contribution >= 0.6 is 11.6 Å². The van der Waals surface area contributed by atoms with Crippen LogP contribution in [-0.4, -0.2) is 24.5 Å². The minimum atomic E-state index is -0.680. The number of halogens is 1. The molecule has 2 aromatic rings. The maximum absolute atomic E-state index is 12.6. The Morgan fingerprint density at radius 1 is 1.12 bits per heavy atom. The van der Waals surface area contributed by atoms with Gasteiger partial charge in [-0.15, -0.1) is 0 Å². The first kappa shape index (κ1) is 19.8. The molecule has 0 radical (unpaired) electrons. The Bertz CT molecular complexity index is 763. The van der Waals surface area contributed by atoms with Crippen LogP contribution < -0.4 is 15.4 Å². The Morgan fingerprint density at radius 2 is 1.81 bits per heavy atom. The van der Waals surface area contributed by atoms with Crippen LogP contribution in [0.25, 0.3) is 0 Å². The second-order valence-electron chi connectivity index (χ2n) is 6.34. The molecule has 2 N–H and O–H groups in total. The zero-order chi connectivity index (χ0) is 19.1. The van der Waals surface area contributed by atoms with Gasteiger partial charge in [-0.1, -0.05) is 49.7 Å². The van der Waals surface area contributed by atoms with Crippen LogP contribution in [0.1, 0.15) is 19.4 Å². The summed E-state index contributed by atoms with van der Waals surface area (Å²) in [6.07, 6.45) is 0. The lowest BCUT2D eigenvalue weighted by Gasteiger charge is -2.22. The number of hydrogen-bond acceptors (Lipinski definition) is 3. The largest absolute Gasteiger partial charge is 0.484 e. The topological polar surface area (TPSA) is 67.4 Å². The molecule has 0 heterocycles. The van der Waals surface area contributed by atoms with E-state index in [-0.39, 0.29) is 24.3 Å². The predicted molar refractivity (Wildman–Crippen MR) is 104 cm³/mol. The van der Waals surface area contributed by atoms with Gasteiger partial charge in [0.2, 0.25) is 5.91 Å². The molecule has 0 spiro atoms. The van der Waals surface area contributed by atoms with Gasteiger partial charge in [-0.2, -0.15) is 0 Å². The number of anilines is 1. The van der Waals surface area contributed by atoms with E-state index in [0.717, 1.165) is 5.56 Å². The molecule has 138 valence electrons. The van der Waals surface area contributed by atoms with Crippen LogP contribution in [0.5, 0.6) is 5.75 Å². The smallest absolute Gasteiger partial charge is 0.258 e. The quantitative estimate of drug-likeness (QED) is 0.774. The summed E-state index contributed by atoms with van der Waals surface area (Å²) in [5.41, 5.74) is 1.52. The van der Waals surface area contributed by atoms with Gasteiger partial charge >= 0.3 is 0 Å². The van der Waals surface area contributed by atoms with Crippen LogP contribution in [-0.2, 0) is 9.59 Å². The normalized spacial score (nSPS) is 11.7. The van der Waals surface area contributed by atoms with Crippen molar-refractivity contribution >= 4 is 29.1 Å². The second kappa shape index (κ2) is 9.25. The highest BCUT2D eigenvalue weighted by atomic mass is 35.5. The van der Waals surface area contributed by atoms with E-state index < -0.39 is 6.04 Å². The summed E-state index contributed by atoms with van der Waals surface area (Å²) in [4.78, 5) is 24.8. The lowest BCUT2D eigenvalue weighted by atomic mass is 10.0. The van der Waals surface area contributed by atoms with Crippen molar-refractivity contribution in [3.05, 3.63) is 59.1 Å². The molecule has 0 aromatic heterocycles. The summed E-state index contributed by atoms with van der Waals surface area (Å²) < 4.78 is 5.42. The fraction of sp³-hybridized carbons (Fsp3) is 0.300. The van der Waals surface area contributed by atoms with E-state index in [0.29, 0.717) is 16.5 Å². The first-order valence-electron chi connectivity index (χ1n) is 8.41. The van der Waals surface area contributed by atoms with E-state index in [2.05, 4.69) is 10.6 Å². The highest BCUT2D eigenvalue weighted by molar-refractivity contribution is 6.31. The number of amides is 2. The minimum absolute atomic E-state index is 0.0878. The summed E-state index contributed by atoms with van der Waals surface area (Å²) in [6, 6.07) is 13.6. The molecule has 1 unspecified atom stereocenters. The van der Waals surface area contributed by atoms with Crippen molar-refractivity contribution in [1.29, 1.82) is 0 Å². The number of hydrogen-bond donors (Lipinski definition) is 2. The van der Waals surface area contributed by atoms with Crippen LogP contribution in [0.15, 0.2) is 48.5 Å². The van der Waals surface area contributed by atoms with E-state index in [1.54, 1.807) is 24.3 Å². The van der Waals surface area contributed by atoms with Crippen molar-refractivity contribution < 1.29 is 14.3 Å². The SMILES string of the molecule is Cc1ccc(Cl)cc1NC(=O)C(NC(=O)COc1ccccc1)C(C)C. The van der Waals surface area contributed by atoms with Crippen molar-refractivity contribution in [2.45, 2.75) is 26.8 Å². The van der Waals surface area contributed by atoms with E-state index in [1.165, 1.54) is 0 Å². The number of rotatable bonds is 7. The average molecular weight is 375 g/mol. The van der Waals surface area contributed by atoms with Crippen molar-refractivity contribution in [2.75, 3.05) is 11.9 Å². The highest BCUT2D eigenvalue weighted by Gasteiger charge is 2.24. The molecule has 0 fully saturated rings. The van der Waals surface area contributed by atoms with Crippen LogP contribution in [0.3, 0.4) is 0 Å².